The lowest BCUT2D eigenvalue weighted by atomic mass is 9.97. The van der Waals surface area contributed by atoms with Crippen molar-refractivity contribution in [2.75, 3.05) is 6.54 Å². The Balaban J connectivity index is 2.52. The van der Waals surface area contributed by atoms with Gasteiger partial charge in [0.1, 0.15) is 5.82 Å². The average Bonchev–Trinajstić information content (AvgIpc) is 2.44. The molecule has 112 valence electrons. The summed E-state index contributed by atoms with van der Waals surface area (Å²) < 4.78 is 14.6. The van der Waals surface area contributed by atoms with Gasteiger partial charge in [-0.2, -0.15) is 0 Å². The highest BCUT2D eigenvalue weighted by atomic mass is 127. The highest BCUT2D eigenvalue weighted by molar-refractivity contribution is 14.1. The fourth-order valence-electron chi connectivity index (χ4n) is 2.20. The van der Waals surface area contributed by atoms with Gasteiger partial charge in [-0.3, -0.25) is 0 Å². The van der Waals surface area contributed by atoms with Crippen LogP contribution in [0.4, 0.5) is 4.39 Å². The van der Waals surface area contributed by atoms with E-state index in [1.54, 1.807) is 13.0 Å². The van der Waals surface area contributed by atoms with Crippen LogP contribution in [-0.4, -0.2) is 6.54 Å². The Bertz CT molecular complexity index is 661. The van der Waals surface area contributed by atoms with Gasteiger partial charge in [0, 0.05) is 8.59 Å². The van der Waals surface area contributed by atoms with Crippen molar-refractivity contribution >= 4 is 45.8 Å². The highest BCUT2D eigenvalue weighted by Gasteiger charge is 2.18. The zero-order valence-electron chi connectivity index (χ0n) is 11.7. The molecule has 5 heteroatoms. The smallest absolute Gasteiger partial charge is 0.127 e. The first-order valence-corrected chi connectivity index (χ1v) is 8.41. The number of hydrogen-bond donors (Lipinski definition) is 1. The Hall–Kier alpha value is -0.360. The third-order valence-electron chi connectivity index (χ3n) is 3.27. The molecule has 0 aliphatic carbocycles. The summed E-state index contributed by atoms with van der Waals surface area (Å²) in [5.41, 5.74) is 2.44. The Labute approximate surface area is 148 Å². The monoisotopic (exact) mass is 437 g/mol. The number of hydrogen-bond acceptors (Lipinski definition) is 1. The average molecular weight is 438 g/mol. The molecule has 0 heterocycles. The Morgan fingerprint density at radius 1 is 1.19 bits per heavy atom. The van der Waals surface area contributed by atoms with Crippen molar-refractivity contribution in [1.82, 2.24) is 5.32 Å². The molecule has 21 heavy (non-hydrogen) atoms. The van der Waals surface area contributed by atoms with Crippen LogP contribution in [0.15, 0.2) is 30.3 Å². The molecule has 0 fully saturated rings. The quantitative estimate of drug-likeness (QED) is 0.601. The van der Waals surface area contributed by atoms with Gasteiger partial charge in [0.25, 0.3) is 0 Å². The van der Waals surface area contributed by atoms with Gasteiger partial charge in [0.15, 0.2) is 0 Å². The maximum absolute atomic E-state index is 13.6. The molecule has 0 radical (unpaired) electrons. The highest BCUT2D eigenvalue weighted by Crippen LogP contribution is 2.32. The minimum Gasteiger partial charge on any atom is -0.306 e. The third kappa shape index (κ3) is 3.89. The maximum Gasteiger partial charge on any atom is 0.127 e. The van der Waals surface area contributed by atoms with Crippen molar-refractivity contribution in [2.45, 2.75) is 19.9 Å². The van der Waals surface area contributed by atoms with Crippen molar-refractivity contribution < 1.29 is 4.39 Å². The minimum absolute atomic E-state index is 0.115. The first-order valence-electron chi connectivity index (χ1n) is 6.58. The first-order chi connectivity index (χ1) is 9.93. The number of nitrogens with one attached hydrogen (secondary N) is 1. The second kappa shape index (κ2) is 7.27. The van der Waals surface area contributed by atoms with Crippen LogP contribution in [0.5, 0.6) is 0 Å². The molecule has 0 aliphatic heterocycles. The zero-order chi connectivity index (χ0) is 15.6. The van der Waals surface area contributed by atoms with E-state index < -0.39 is 0 Å². The van der Waals surface area contributed by atoms with Gasteiger partial charge in [0.05, 0.1) is 11.1 Å². The van der Waals surface area contributed by atoms with Crippen molar-refractivity contribution in [1.29, 1.82) is 0 Å². The van der Waals surface area contributed by atoms with Gasteiger partial charge >= 0.3 is 0 Å². The summed E-state index contributed by atoms with van der Waals surface area (Å²) >= 11 is 14.6. The molecule has 0 spiro atoms. The summed E-state index contributed by atoms with van der Waals surface area (Å²) in [6.07, 6.45) is 0. The second-order valence-corrected chi connectivity index (χ2v) is 6.76. The Morgan fingerprint density at radius 2 is 1.90 bits per heavy atom. The molecule has 1 unspecified atom stereocenters. The van der Waals surface area contributed by atoms with Crippen LogP contribution in [0.3, 0.4) is 0 Å². The summed E-state index contributed by atoms with van der Waals surface area (Å²) in [6, 6.07) is 8.94. The van der Waals surface area contributed by atoms with E-state index in [9.17, 15) is 4.39 Å². The van der Waals surface area contributed by atoms with Crippen LogP contribution >= 0.6 is 45.8 Å². The molecular formula is C16H15Cl2FIN. The molecule has 0 saturated carbocycles. The van der Waals surface area contributed by atoms with E-state index >= 15 is 0 Å². The summed E-state index contributed by atoms with van der Waals surface area (Å²) in [7, 11) is 0. The molecule has 1 nitrogen and oxygen atoms in total. The number of rotatable bonds is 4. The van der Waals surface area contributed by atoms with Gasteiger partial charge in [-0.25, -0.2) is 4.39 Å². The van der Waals surface area contributed by atoms with Crippen LogP contribution in [0.25, 0.3) is 0 Å². The van der Waals surface area contributed by atoms with Crippen molar-refractivity contribution in [3.05, 3.63) is 66.5 Å². The van der Waals surface area contributed by atoms with Gasteiger partial charge in [-0.1, -0.05) is 36.2 Å². The number of benzene rings is 2. The lowest BCUT2D eigenvalue weighted by Gasteiger charge is -2.21. The van der Waals surface area contributed by atoms with Crippen molar-refractivity contribution in [3.8, 4) is 0 Å². The summed E-state index contributed by atoms with van der Waals surface area (Å²) in [5, 5.41) is 4.50. The van der Waals surface area contributed by atoms with E-state index in [0.717, 1.165) is 21.2 Å². The predicted octanol–water partition coefficient (Wildman–Crippen LogP) is 5.74. The maximum atomic E-state index is 13.6. The largest absolute Gasteiger partial charge is 0.306 e. The van der Waals surface area contributed by atoms with E-state index in [-0.39, 0.29) is 11.9 Å². The van der Waals surface area contributed by atoms with Crippen molar-refractivity contribution in [3.63, 3.8) is 0 Å². The van der Waals surface area contributed by atoms with Crippen LogP contribution < -0.4 is 5.32 Å². The molecule has 2 rings (SSSR count). The van der Waals surface area contributed by atoms with Crippen LogP contribution in [0, 0.1) is 16.3 Å². The fourth-order valence-corrected chi connectivity index (χ4v) is 2.99. The predicted molar refractivity (Wildman–Crippen MR) is 95.8 cm³/mol. The molecule has 2 aromatic rings. The lowest BCUT2D eigenvalue weighted by Crippen LogP contribution is -2.22. The Kier molecular flexibility index (Phi) is 5.88. The van der Waals surface area contributed by atoms with Gasteiger partial charge in [0.2, 0.25) is 0 Å². The zero-order valence-corrected chi connectivity index (χ0v) is 15.4. The molecule has 2 aromatic carbocycles. The Morgan fingerprint density at radius 3 is 2.52 bits per heavy atom. The van der Waals surface area contributed by atoms with Gasteiger partial charge < -0.3 is 5.32 Å². The number of halogens is 4. The van der Waals surface area contributed by atoms with E-state index in [2.05, 4.69) is 27.9 Å². The van der Waals surface area contributed by atoms with E-state index in [1.165, 1.54) is 6.07 Å². The van der Waals surface area contributed by atoms with E-state index in [1.807, 2.05) is 25.1 Å². The number of aryl methyl sites for hydroxylation is 1. The first kappa shape index (κ1) is 17.0. The molecule has 1 atom stereocenters. The molecule has 1 N–H and O–H groups in total. The fraction of sp³-hybridized carbons (Fsp3) is 0.250. The van der Waals surface area contributed by atoms with Crippen LogP contribution in [-0.2, 0) is 0 Å². The summed E-state index contributed by atoms with van der Waals surface area (Å²) in [4.78, 5) is 0. The SMILES string of the molecule is CCNC(c1ccc(I)c(Cl)c1)c1cc(C)c(F)cc1Cl. The van der Waals surface area contributed by atoms with Gasteiger partial charge in [-0.05, 0) is 77.0 Å². The molecule has 0 bridgehead atoms. The van der Waals surface area contributed by atoms with Gasteiger partial charge in [-0.15, -0.1) is 0 Å². The summed E-state index contributed by atoms with van der Waals surface area (Å²) in [5.74, 6) is -0.292. The molecular weight excluding hydrogens is 423 g/mol. The standard InChI is InChI=1S/C16H15Cl2FIN/c1-3-21-16(10-4-5-15(20)13(18)7-10)11-6-9(2)14(19)8-12(11)17/h4-8,16,21H,3H2,1-2H3. The van der Waals surface area contributed by atoms with E-state index in [0.29, 0.717) is 15.6 Å². The molecule has 0 saturated heterocycles. The van der Waals surface area contributed by atoms with E-state index in [4.69, 9.17) is 23.2 Å². The third-order valence-corrected chi connectivity index (χ3v) is 5.17. The normalized spacial score (nSPS) is 12.5. The van der Waals surface area contributed by atoms with Crippen molar-refractivity contribution in [2.24, 2.45) is 0 Å². The summed E-state index contributed by atoms with van der Waals surface area (Å²) in [6.45, 7) is 4.52. The minimum atomic E-state index is -0.292. The lowest BCUT2D eigenvalue weighted by molar-refractivity contribution is 0.606. The van der Waals surface area contributed by atoms with Crippen LogP contribution in [0.1, 0.15) is 29.7 Å². The molecule has 0 aromatic heterocycles. The van der Waals surface area contributed by atoms with Crippen LogP contribution in [0.2, 0.25) is 10.0 Å². The second-order valence-electron chi connectivity index (χ2n) is 4.79. The molecule has 0 aliphatic rings. The molecule has 0 amide bonds. The topological polar surface area (TPSA) is 12.0 Å².